The summed E-state index contributed by atoms with van der Waals surface area (Å²) in [7, 11) is 0. The van der Waals surface area contributed by atoms with E-state index in [0.717, 1.165) is 29.7 Å². The van der Waals surface area contributed by atoms with Crippen LogP contribution in [0.25, 0.3) is 11.0 Å². The Kier molecular flexibility index (Phi) is 3.82. The average Bonchev–Trinajstić information content (AvgIpc) is 3.16. The monoisotopic (exact) mass is 342 g/mol. The first kappa shape index (κ1) is 15.9. The van der Waals surface area contributed by atoms with Gasteiger partial charge in [0.25, 0.3) is 5.91 Å². The molecule has 3 aromatic rings. The summed E-state index contributed by atoms with van der Waals surface area (Å²) in [5.74, 6) is 1.30. The van der Waals surface area contributed by atoms with Gasteiger partial charge >= 0.3 is 0 Å². The highest BCUT2D eigenvalue weighted by molar-refractivity contribution is 5.95. The highest BCUT2D eigenvalue weighted by atomic mass is 19.1. The molecule has 0 unspecified atom stereocenters. The number of carbonyl (C=O) groups is 1. The molecule has 1 fully saturated rings. The molecule has 1 aliphatic rings. The van der Waals surface area contributed by atoms with Crippen LogP contribution in [0.4, 0.5) is 4.39 Å². The summed E-state index contributed by atoms with van der Waals surface area (Å²) in [4.78, 5) is 14.5. The van der Waals surface area contributed by atoms with Crippen molar-refractivity contribution in [2.75, 3.05) is 13.1 Å². The molecule has 1 saturated heterocycles. The molecule has 0 spiro atoms. The molecule has 1 aromatic carbocycles. The predicted octanol–water partition coefficient (Wildman–Crippen LogP) is 4.20. The fourth-order valence-electron chi connectivity index (χ4n) is 3.59. The third-order valence-electron chi connectivity index (χ3n) is 4.90. The van der Waals surface area contributed by atoms with E-state index in [1.165, 1.54) is 12.1 Å². The Morgan fingerprint density at radius 2 is 2.00 bits per heavy atom. The Morgan fingerprint density at radius 3 is 2.68 bits per heavy atom. The van der Waals surface area contributed by atoms with Gasteiger partial charge in [-0.05, 0) is 44.9 Å². The number of amides is 1. The van der Waals surface area contributed by atoms with Crippen LogP contribution in [0.15, 0.2) is 33.2 Å². The van der Waals surface area contributed by atoms with E-state index < -0.39 is 0 Å². The predicted molar refractivity (Wildman–Crippen MR) is 90.0 cm³/mol. The molecular formula is C19H19FN2O3. The number of aryl methyl sites for hydroxylation is 2. The fraction of sp³-hybridized carbons (Fsp3) is 0.368. The van der Waals surface area contributed by atoms with Crippen LogP contribution in [0, 0.1) is 19.7 Å². The Labute approximate surface area is 144 Å². The highest BCUT2D eigenvalue weighted by Crippen LogP contribution is 2.33. The quantitative estimate of drug-likeness (QED) is 0.700. The molecule has 1 aliphatic heterocycles. The lowest BCUT2D eigenvalue weighted by Gasteiger charge is -2.31. The molecule has 0 N–H and O–H groups in total. The zero-order valence-electron chi connectivity index (χ0n) is 14.2. The standard InChI is InChI=1S/C19H19FN2O3/c1-11-9-16(12(2)24-11)19(23)22-7-5-13(6-8-22)18-15-4-3-14(20)10-17(15)25-21-18/h3-4,9-10,13H,5-8H2,1-2H3. The summed E-state index contributed by atoms with van der Waals surface area (Å²) in [5, 5.41) is 5.00. The normalized spacial score (nSPS) is 15.9. The van der Waals surface area contributed by atoms with Gasteiger partial charge in [0.2, 0.25) is 0 Å². The minimum Gasteiger partial charge on any atom is -0.466 e. The Balaban J connectivity index is 1.49. The van der Waals surface area contributed by atoms with Crippen LogP contribution >= 0.6 is 0 Å². The second-order valence-corrected chi connectivity index (χ2v) is 6.60. The van der Waals surface area contributed by atoms with Gasteiger partial charge in [-0.15, -0.1) is 0 Å². The van der Waals surface area contributed by atoms with E-state index in [1.807, 2.05) is 18.7 Å². The smallest absolute Gasteiger partial charge is 0.257 e. The second kappa shape index (κ2) is 6.02. The van der Waals surface area contributed by atoms with Crippen LogP contribution in [0.2, 0.25) is 0 Å². The van der Waals surface area contributed by atoms with Crippen LogP contribution in [-0.4, -0.2) is 29.1 Å². The van der Waals surface area contributed by atoms with Gasteiger partial charge in [-0.1, -0.05) is 5.16 Å². The minimum absolute atomic E-state index is 0.0138. The van der Waals surface area contributed by atoms with Gasteiger partial charge in [0, 0.05) is 30.5 Å². The highest BCUT2D eigenvalue weighted by Gasteiger charge is 2.29. The van der Waals surface area contributed by atoms with Crippen LogP contribution in [-0.2, 0) is 0 Å². The number of hydrogen-bond acceptors (Lipinski definition) is 4. The molecule has 25 heavy (non-hydrogen) atoms. The zero-order chi connectivity index (χ0) is 17.6. The number of piperidine rings is 1. The molecule has 0 atom stereocenters. The second-order valence-electron chi connectivity index (χ2n) is 6.60. The SMILES string of the molecule is Cc1cc(C(=O)N2CCC(c3noc4cc(F)ccc34)CC2)c(C)o1. The average molecular weight is 342 g/mol. The number of benzene rings is 1. The Morgan fingerprint density at radius 1 is 1.24 bits per heavy atom. The van der Waals surface area contributed by atoms with Crippen molar-refractivity contribution in [3.05, 3.63) is 52.9 Å². The van der Waals surface area contributed by atoms with E-state index in [-0.39, 0.29) is 17.6 Å². The Bertz CT molecular complexity index is 935. The molecule has 5 nitrogen and oxygen atoms in total. The Hall–Kier alpha value is -2.63. The van der Waals surface area contributed by atoms with Crippen molar-refractivity contribution >= 4 is 16.9 Å². The summed E-state index contributed by atoms with van der Waals surface area (Å²) in [5.41, 5.74) is 1.97. The summed E-state index contributed by atoms with van der Waals surface area (Å²) in [6, 6.07) is 6.29. The van der Waals surface area contributed by atoms with Crippen molar-refractivity contribution < 1.29 is 18.1 Å². The van der Waals surface area contributed by atoms with Gasteiger partial charge < -0.3 is 13.8 Å². The minimum atomic E-state index is -0.332. The number of halogens is 1. The van der Waals surface area contributed by atoms with Crippen LogP contribution in [0.3, 0.4) is 0 Å². The number of aromatic nitrogens is 1. The van der Waals surface area contributed by atoms with Crippen molar-refractivity contribution in [2.45, 2.75) is 32.6 Å². The number of rotatable bonds is 2. The molecule has 0 bridgehead atoms. The molecule has 0 aliphatic carbocycles. The van der Waals surface area contributed by atoms with Crippen molar-refractivity contribution in [3.63, 3.8) is 0 Å². The lowest BCUT2D eigenvalue weighted by molar-refractivity contribution is 0.0710. The number of likely N-dealkylation sites (tertiary alicyclic amines) is 1. The third-order valence-corrected chi connectivity index (χ3v) is 4.90. The topological polar surface area (TPSA) is 59.5 Å². The number of carbonyl (C=O) groups excluding carboxylic acids is 1. The van der Waals surface area contributed by atoms with Gasteiger partial charge in [0.1, 0.15) is 17.3 Å². The van der Waals surface area contributed by atoms with Gasteiger partial charge in [-0.2, -0.15) is 0 Å². The van der Waals surface area contributed by atoms with Crippen LogP contribution in [0.1, 0.15) is 46.3 Å². The van der Waals surface area contributed by atoms with E-state index in [9.17, 15) is 9.18 Å². The lowest BCUT2D eigenvalue weighted by atomic mass is 9.91. The molecular weight excluding hydrogens is 323 g/mol. The number of fused-ring (bicyclic) bond motifs is 1. The van der Waals surface area contributed by atoms with Crippen LogP contribution < -0.4 is 0 Å². The molecule has 0 saturated carbocycles. The molecule has 1 amide bonds. The first-order valence-corrected chi connectivity index (χ1v) is 8.44. The molecule has 130 valence electrons. The van der Waals surface area contributed by atoms with Gasteiger partial charge in [-0.25, -0.2) is 4.39 Å². The van der Waals surface area contributed by atoms with E-state index >= 15 is 0 Å². The largest absolute Gasteiger partial charge is 0.466 e. The maximum Gasteiger partial charge on any atom is 0.257 e. The maximum atomic E-state index is 13.3. The molecule has 2 aromatic heterocycles. The van der Waals surface area contributed by atoms with Crippen molar-refractivity contribution in [2.24, 2.45) is 0 Å². The molecule has 6 heteroatoms. The first-order chi connectivity index (χ1) is 12.0. The first-order valence-electron chi connectivity index (χ1n) is 8.44. The maximum absolute atomic E-state index is 13.3. The molecule has 0 radical (unpaired) electrons. The summed E-state index contributed by atoms with van der Waals surface area (Å²) >= 11 is 0. The third kappa shape index (κ3) is 2.81. The van der Waals surface area contributed by atoms with Crippen molar-refractivity contribution in [1.29, 1.82) is 0 Å². The van der Waals surface area contributed by atoms with Crippen molar-refractivity contribution in [1.82, 2.24) is 10.1 Å². The summed E-state index contributed by atoms with van der Waals surface area (Å²) in [6.45, 7) is 4.97. The van der Waals surface area contributed by atoms with E-state index in [2.05, 4.69) is 5.16 Å². The van der Waals surface area contributed by atoms with Gasteiger partial charge in [-0.3, -0.25) is 4.79 Å². The van der Waals surface area contributed by atoms with Gasteiger partial charge in [0.15, 0.2) is 5.58 Å². The van der Waals surface area contributed by atoms with Gasteiger partial charge in [0.05, 0.1) is 11.3 Å². The summed E-state index contributed by atoms with van der Waals surface area (Å²) < 4.78 is 24.0. The van der Waals surface area contributed by atoms with Crippen molar-refractivity contribution in [3.8, 4) is 0 Å². The molecule has 3 heterocycles. The fourth-order valence-corrected chi connectivity index (χ4v) is 3.59. The van der Waals surface area contributed by atoms with E-state index in [0.29, 0.717) is 30.0 Å². The molecule has 4 rings (SSSR count). The van der Waals surface area contributed by atoms with E-state index in [1.54, 1.807) is 12.1 Å². The van der Waals surface area contributed by atoms with E-state index in [4.69, 9.17) is 8.94 Å². The number of nitrogens with zero attached hydrogens (tertiary/aromatic N) is 2. The summed E-state index contributed by atoms with van der Waals surface area (Å²) in [6.07, 6.45) is 1.61. The number of furan rings is 1. The lowest BCUT2D eigenvalue weighted by Crippen LogP contribution is -2.38. The number of hydrogen-bond donors (Lipinski definition) is 0. The zero-order valence-corrected chi connectivity index (χ0v) is 14.2. The van der Waals surface area contributed by atoms with Crippen LogP contribution in [0.5, 0.6) is 0 Å².